The van der Waals surface area contributed by atoms with Gasteiger partial charge >= 0.3 is 0 Å². The SMILES string of the molecule is CCc1cccc2c1C=CCO2. The minimum absolute atomic E-state index is 0.708. The second kappa shape index (κ2) is 3.02. The number of hydrogen-bond acceptors (Lipinski definition) is 1. The number of aryl methyl sites for hydroxylation is 1. The highest BCUT2D eigenvalue weighted by atomic mass is 16.5. The van der Waals surface area contributed by atoms with Gasteiger partial charge in [-0.1, -0.05) is 25.1 Å². The van der Waals surface area contributed by atoms with Gasteiger partial charge in [-0.15, -0.1) is 0 Å². The number of ether oxygens (including phenoxy) is 1. The summed E-state index contributed by atoms with van der Waals surface area (Å²) in [5.41, 5.74) is 2.62. The molecule has 0 saturated heterocycles. The Kier molecular flexibility index (Phi) is 1.86. The molecular weight excluding hydrogens is 148 g/mol. The molecule has 0 saturated carbocycles. The van der Waals surface area contributed by atoms with Crippen molar-refractivity contribution < 1.29 is 4.74 Å². The van der Waals surface area contributed by atoms with Crippen molar-refractivity contribution in [1.29, 1.82) is 0 Å². The second-order valence-corrected chi connectivity index (χ2v) is 2.90. The van der Waals surface area contributed by atoms with Crippen LogP contribution in [0.5, 0.6) is 5.75 Å². The molecule has 1 aromatic rings. The Balaban J connectivity index is 2.54. The van der Waals surface area contributed by atoms with Gasteiger partial charge in [0.05, 0.1) is 0 Å². The van der Waals surface area contributed by atoms with Crippen LogP contribution < -0.4 is 4.74 Å². The molecule has 0 atom stereocenters. The van der Waals surface area contributed by atoms with E-state index in [1.165, 1.54) is 11.1 Å². The van der Waals surface area contributed by atoms with Crippen molar-refractivity contribution in [3.8, 4) is 5.75 Å². The van der Waals surface area contributed by atoms with Crippen LogP contribution in [-0.4, -0.2) is 6.61 Å². The van der Waals surface area contributed by atoms with Crippen molar-refractivity contribution in [3.05, 3.63) is 35.4 Å². The maximum absolute atomic E-state index is 5.48. The van der Waals surface area contributed by atoms with Gasteiger partial charge < -0.3 is 4.74 Å². The highest BCUT2D eigenvalue weighted by Crippen LogP contribution is 2.26. The Morgan fingerprint density at radius 2 is 2.33 bits per heavy atom. The summed E-state index contributed by atoms with van der Waals surface area (Å²) in [6, 6.07) is 6.23. The summed E-state index contributed by atoms with van der Waals surface area (Å²) in [4.78, 5) is 0. The lowest BCUT2D eigenvalue weighted by Crippen LogP contribution is -2.02. The molecule has 2 rings (SSSR count). The smallest absolute Gasteiger partial charge is 0.127 e. The highest BCUT2D eigenvalue weighted by Gasteiger charge is 2.07. The molecule has 62 valence electrons. The van der Waals surface area contributed by atoms with Gasteiger partial charge in [-0.3, -0.25) is 0 Å². The lowest BCUT2D eigenvalue weighted by Gasteiger charge is -2.14. The van der Waals surface area contributed by atoms with Crippen LogP contribution in [0.4, 0.5) is 0 Å². The van der Waals surface area contributed by atoms with E-state index in [1.54, 1.807) is 0 Å². The first-order chi connectivity index (χ1) is 5.92. The third-order valence-electron chi connectivity index (χ3n) is 2.16. The summed E-state index contributed by atoms with van der Waals surface area (Å²) < 4.78 is 5.48. The van der Waals surface area contributed by atoms with Crippen LogP contribution in [0.2, 0.25) is 0 Å². The maximum atomic E-state index is 5.48. The molecular formula is C11H12O. The van der Waals surface area contributed by atoms with E-state index in [0.29, 0.717) is 6.61 Å². The summed E-state index contributed by atoms with van der Waals surface area (Å²) in [5.74, 6) is 1.02. The lowest BCUT2D eigenvalue weighted by molar-refractivity contribution is 0.358. The molecule has 0 bridgehead atoms. The fraction of sp³-hybridized carbons (Fsp3) is 0.273. The van der Waals surface area contributed by atoms with E-state index in [1.807, 2.05) is 6.07 Å². The van der Waals surface area contributed by atoms with Gasteiger partial charge in [-0.25, -0.2) is 0 Å². The molecule has 0 aliphatic carbocycles. The largest absolute Gasteiger partial charge is 0.489 e. The first kappa shape index (κ1) is 7.41. The second-order valence-electron chi connectivity index (χ2n) is 2.90. The topological polar surface area (TPSA) is 9.23 Å². The van der Waals surface area contributed by atoms with Gasteiger partial charge in [0, 0.05) is 5.56 Å². The van der Waals surface area contributed by atoms with E-state index in [2.05, 4.69) is 31.2 Å². The third kappa shape index (κ3) is 1.11. The van der Waals surface area contributed by atoms with Crippen LogP contribution in [0.15, 0.2) is 24.3 Å². The van der Waals surface area contributed by atoms with Gasteiger partial charge in [0.2, 0.25) is 0 Å². The van der Waals surface area contributed by atoms with Crippen LogP contribution >= 0.6 is 0 Å². The van der Waals surface area contributed by atoms with Gasteiger partial charge in [-0.05, 0) is 24.1 Å². The number of hydrogen-bond donors (Lipinski definition) is 0. The number of benzene rings is 1. The van der Waals surface area contributed by atoms with Crippen molar-refractivity contribution in [2.24, 2.45) is 0 Å². The molecule has 1 aliphatic heterocycles. The predicted molar refractivity (Wildman–Crippen MR) is 50.3 cm³/mol. The summed E-state index contributed by atoms with van der Waals surface area (Å²) in [7, 11) is 0. The molecule has 1 heterocycles. The molecule has 1 heteroatoms. The summed E-state index contributed by atoms with van der Waals surface area (Å²) >= 11 is 0. The molecule has 1 aromatic carbocycles. The zero-order valence-corrected chi connectivity index (χ0v) is 7.21. The summed E-state index contributed by atoms with van der Waals surface area (Å²) in [5, 5.41) is 0. The monoisotopic (exact) mass is 160 g/mol. The first-order valence-corrected chi connectivity index (χ1v) is 4.33. The van der Waals surface area contributed by atoms with E-state index < -0.39 is 0 Å². The van der Waals surface area contributed by atoms with Crippen molar-refractivity contribution in [3.63, 3.8) is 0 Å². The average molecular weight is 160 g/mol. The van der Waals surface area contributed by atoms with Crippen molar-refractivity contribution >= 4 is 6.08 Å². The Labute approximate surface area is 72.7 Å². The molecule has 0 unspecified atom stereocenters. The van der Waals surface area contributed by atoms with Crippen LogP contribution in [0, 0.1) is 0 Å². The lowest BCUT2D eigenvalue weighted by atomic mass is 10.0. The zero-order valence-electron chi connectivity index (χ0n) is 7.21. The molecule has 0 amide bonds. The molecule has 0 N–H and O–H groups in total. The standard InChI is InChI=1S/C11H12O/c1-2-9-5-3-7-11-10(9)6-4-8-12-11/h3-7H,2,8H2,1H3. The van der Waals surface area contributed by atoms with Crippen molar-refractivity contribution in [2.45, 2.75) is 13.3 Å². The molecule has 0 spiro atoms. The molecule has 1 nitrogen and oxygen atoms in total. The average Bonchev–Trinajstić information content (AvgIpc) is 2.17. The molecule has 12 heavy (non-hydrogen) atoms. The van der Waals surface area contributed by atoms with Crippen LogP contribution in [-0.2, 0) is 6.42 Å². The fourth-order valence-electron chi connectivity index (χ4n) is 1.52. The van der Waals surface area contributed by atoms with E-state index >= 15 is 0 Å². The van der Waals surface area contributed by atoms with Crippen LogP contribution in [0.25, 0.3) is 6.08 Å². The Morgan fingerprint density at radius 1 is 1.42 bits per heavy atom. The van der Waals surface area contributed by atoms with Gasteiger partial charge in [0.15, 0.2) is 0 Å². The minimum Gasteiger partial charge on any atom is -0.489 e. The predicted octanol–water partition coefficient (Wildman–Crippen LogP) is 2.65. The van der Waals surface area contributed by atoms with Crippen LogP contribution in [0.3, 0.4) is 0 Å². The normalized spacial score (nSPS) is 13.8. The summed E-state index contributed by atoms with van der Waals surface area (Å²) in [6.45, 7) is 2.87. The maximum Gasteiger partial charge on any atom is 0.127 e. The fourth-order valence-corrected chi connectivity index (χ4v) is 1.52. The molecule has 0 aromatic heterocycles. The Hall–Kier alpha value is -1.24. The zero-order chi connectivity index (χ0) is 8.39. The van der Waals surface area contributed by atoms with Crippen LogP contribution in [0.1, 0.15) is 18.1 Å². The Morgan fingerprint density at radius 3 is 3.17 bits per heavy atom. The molecule has 0 fully saturated rings. The van der Waals surface area contributed by atoms with E-state index in [4.69, 9.17) is 4.74 Å². The van der Waals surface area contributed by atoms with Gasteiger partial charge in [-0.2, -0.15) is 0 Å². The molecule has 0 radical (unpaired) electrons. The van der Waals surface area contributed by atoms with E-state index in [-0.39, 0.29) is 0 Å². The van der Waals surface area contributed by atoms with Gasteiger partial charge in [0.25, 0.3) is 0 Å². The Bertz CT molecular complexity index is 313. The highest BCUT2D eigenvalue weighted by molar-refractivity contribution is 5.62. The number of rotatable bonds is 1. The first-order valence-electron chi connectivity index (χ1n) is 4.33. The van der Waals surface area contributed by atoms with Crippen molar-refractivity contribution in [1.82, 2.24) is 0 Å². The van der Waals surface area contributed by atoms with Gasteiger partial charge in [0.1, 0.15) is 12.4 Å². The number of fused-ring (bicyclic) bond motifs is 1. The van der Waals surface area contributed by atoms with Crippen molar-refractivity contribution in [2.75, 3.05) is 6.61 Å². The third-order valence-corrected chi connectivity index (χ3v) is 2.16. The summed E-state index contributed by atoms with van der Waals surface area (Å²) in [6.07, 6.45) is 5.27. The minimum atomic E-state index is 0.708. The quantitative estimate of drug-likeness (QED) is 0.613. The molecule has 1 aliphatic rings. The van der Waals surface area contributed by atoms with E-state index in [0.717, 1.165) is 12.2 Å². The van der Waals surface area contributed by atoms with E-state index in [9.17, 15) is 0 Å².